The molecule has 0 aliphatic rings. The van der Waals surface area contributed by atoms with Crippen LogP contribution in [0, 0.1) is 10.1 Å². The molecule has 2 aromatic carbocycles. The Morgan fingerprint density at radius 3 is 2.26 bits per heavy atom. The number of non-ortho nitro benzene ring substituents is 1. The van der Waals surface area contributed by atoms with Gasteiger partial charge in [-0.05, 0) is 30.3 Å². The average Bonchev–Trinajstić information content (AvgIpc) is 2.55. The molecule has 0 fully saturated rings. The Bertz CT molecular complexity index is 770. The molecular weight excluding hydrogens is 304 g/mol. The Kier molecular flexibility index (Phi) is 4.55. The molecule has 0 atom stereocenters. The van der Waals surface area contributed by atoms with Gasteiger partial charge >= 0.3 is 5.97 Å². The summed E-state index contributed by atoms with van der Waals surface area (Å²) in [5, 5.41) is 22.8. The molecule has 0 unspecified atom stereocenters. The van der Waals surface area contributed by atoms with Crippen molar-refractivity contribution in [1.82, 2.24) is 0 Å². The number of carbonyl (C=O) groups excluding carboxylic acids is 2. The van der Waals surface area contributed by atoms with Gasteiger partial charge in [0.1, 0.15) is 5.75 Å². The first-order valence-corrected chi connectivity index (χ1v) is 6.39. The molecule has 0 heterocycles. The van der Waals surface area contributed by atoms with Crippen LogP contribution in [0.5, 0.6) is 5.75 Å². The Morgan fingerprint density at radius 2 is 1.74 bits per heavy atom. The number of aromatic hydroxyl groups is 1. The smallest absolute Gasteiger partial charge is 0.337 e. The van der Waals surface area contributed by atoms with E-state index in [2.05, 4.69) is 10.1 Å². The van der Waals surface area contributed by atoms with Crippen LogP contribution in [-0.2, 0) is 4.74 Å². The lowest BCUT2D eigenvalue weighted by atomic mass is 10.1. The zero-order chi connectivity index (χ0) is 17.0. The van der Waals surface area contributed by atoms with Crippen molar-refractivity contribution in [2.24, 2.45) is 0 Å². The Hall–Kier alpha value is -3.42. The van der Waals surface area contributed by atoms with Gasteiger partial charge in [0.2, 0.25) is 0 Å². The number of nitrogens with one attached hydrogen (secondary N) is 1. The quantitative estimate of drug-likeness (QED) is 0.387. The lowest BCUT2D eigenvalue weighted by Crippen LogP contribution is -2.12. The highest BCUT2D eigenvalue weighted by atomic mass is 16.6. The SMILES string of the molecule is COC(=O)c1ccc(NC(=O)c2ccc([N+](=O)[O-])cc2)c(O)c1. The number of methoxy groups -OCH3 is 1. The number of anilines is 1. The molecule has 0 bridgehead atoms. The van der Waals surface area contributed by atoms with Crippen molar-refractivity contribution in [3.63, 3.8) is 0 Å². The van der Waals surface area contributed by atoms with Crippen LogP contribution in [0.2, 0.25) is 0 Å². The van der Waals surface area contributed by atoms with Crippen molar-refractivity contribution in [3.8, 4) is 5.75 Å². The first-order valence-electron chi connectivity index (χ1n) is 6.39. The molecule has 0 saturated heterocycles. The molecule has 1 amide bonds. The molecule has 23 heavy (non-hydrogen) atoms. The molecule has 0 aliphatic heterocycles. The van der Waals surface area contributed by atoms with Gasteiger partial charge in [-0.15, -0.1) is 0 Å². The van der Waals surface area contributed by atoms with Crippen molar-refractivity contribution in [2.45, 2.75) is 0 Å². The van der Waals surface area contributed by atoms with Gasteiger partial charge < -0.3 is 15.2 Å². The maximum absolute atomic E-state index is 12.0. The lowest BCUT2D eigenvalue weighted by Gasteiger charge is -2.08. The number of nitro benzene ring substituents is 1. The standard InChI is InChI=1S/C15H12N2O6/c1-23-15(20)10-4-7-12(13(18)8-10)16-14(19)9-2-5-11(6-3-9)17(21)22/h2-8,18H,1H3,(H,16,19). The van der Waals surface area contributed by atoms with Crippen molar-refractivity contribution >= 4 is 23.3 Å². The molecule has 0 saturated carbocycles. The minimum atomic E-state index is -0.617. The number of ether oxygens (including phenoxy) is 1. The van der Waals surface area contributed by atoms with E-state index in [4.69, 9.17) is 0 Å². The molecule has 118 valence electrons. The number of phenols is 1. The van der Waals surface area contributed by atoms with Gasteiger partial charge in [0.15, 0.2) is 0 Å². The van der Waals surface area contributed by atoms with Crippen LogP contribution in [0.3, 0.4) is 0 Å². The van der Waals surface area contributed by atoms with E-state index in [1.165, 1.54) is 43.5 Å². The first-order chi connectivity index (χ1) is 10.9. The number of nitrogens with zero attached hydrogens (tertiary/aromatic N) is 1. The van der Waals surface area contributed by atoms with Gasteiger partial charge in [-0.1, -0.05) is 0 Å². The van der Waals surface area contributed by atoms with Crippen LogP contribution in [-0.4, -0.2) is 29.0 Å². The zero-order valence-electron chi connectivity index (χ0n) is 12.0. The third-order valence-electron chi connectivity index (χ3n) is 3.01. The first kappa shape index (κ1) is 16.0. The van der Waals surface area contributed by atoms with Gasteiger partial charge in [-0.25, -0.2) is 4.79 Å². The normalized spacial score (nSPS) is 9.96. The van der Waals surface area contributed by atoms with Gasteiger partial charge in [0.25, 0.3) is 11.6 Å². The Morgan fingerprint density at radius 1 is 1.13 bits per heavy atom. The van der Waals surface area contributed by atoms with E-state index in [1.54, 1.807) is 0 Å². The molecule has 0 radical (unpaired) electrons. The summed E-state index contributed by atoms with van der Waals surface area (Å²) in [5.41, 5.74) is 0.290. The molecule has 2 N–H and O–H groups in total. The summed E-state index contributed by atoms with van der Waals surface area (Å²) in [5.74, 6) is -1.47. The summed E-state index contributed by atoms with van der Waals surface area (Å²) in [4.78, 5) is 33.4. The maximum atomic E-state index is 12.0. The van der Waals surface area contributed by atoms with Crippen LogP contribution in [0.4, 0.5) is 11.4 Å². The van der Waals surface area contributed by atoms with E-state index in [9.17, 15) is 24.8 Å². The highest BCUT2D eigenvalue weighted by Gasteiger charge is 2.13. The fourth-order valence-electron chi connectivity index (χ4n) is 1.81. The topological polar surface area (TPSA) is 119 Å². The van der Waals surface area contributed by atoms with E-state index >= 15 is 0 Å². The summed E-state index contributed by atoms with van der Waals surface area (Å²) in [7, 11) is 1.21. The van der Waals surface area contributed by atoms with Crippen LogP contribution in [0.1, 0.15) is 20.7 Å². The van der Waals surface area contributed by atoms with Crippen LogP contribution >= 0.6 is 0 Å². The summed E-state index contributed by atoms with van der Waals surface area (Å²) in [6.07, 6.45) is 0. The summed E-state index contributed by atoms with van der Waals surface area (Å²) < 4.78 is 4.52. The Balaban J connectivity index is 2.16. The second-order valence-electron chi connectivity index (χ2n) is 4.48. The van der Waals surface area contributed by atoms with E-state index in [1.807, 2.05) is 0 Å². The second-order valence-corrected chi connectivity index (χ2v) is 4.48. The van der Waals surface area contributed by atoms with E-state index < -0.39 is 16.8 Å². The van der Waals surface area contributed by atoms with Crippen LogP contribution in [0.25, 0.3) is 0 Å². The zero-order valence-corrected chi connectivity index (χ0v) is 12.0. The molecule has 2 rings (SSSR count). The van der Waals surface area contributed by atoms with Gasteiger partial charge in [0.05, 0.1) is 23.3 Å². The van der Waals surface area contributed by atoms with E-state index in [0.29, 0.717) is 0 Å². The average molecular weight is 316 g/mol. The van der Waals surface area contributed by atoms with Gasteiger partial charge in [0, 0.05) is 17.7 Å². The Labute approximate surface area is 130 Å². The summed E-state index contributed by atoms with van der Waals surface area (Å²) in [6.45, 7) is 0. The number of benzene rings is 2. The number of hydrogen-bond acceptors (Lipinski definition) is 6. The van der Waals surface area contributed by atoms with E-state index in [0.717, 1.165) is 6.07 Å². The molecule has 2 aromatic rings. The van der Waals surface area contributed by atoms with Gasteiger partial charge in [-0.2, -0.15) is 0 Å². The number of hydrogen-bond donors (Lipinski definition) is 2. The molecule has 0 aliphatic carbocycles. The van der Waals surface area contributed by atoms with E-state index in [-0.39, 0.29) is 28.3 Å². The van der Waals surface area contributed by atoms with Crippen molar-refractivity contribution in [3.05, 3.63) is 63.7 Å². The van der Waals surface area contributed by atoms with Crippen molar-refractivity contribution < 1.29 is 24.4 Å². The summed E-state index contributed by atoms with van der Waals surface area (Å²) >= 11 is 0. The predicted molar refractivity (Wildman–Crippen MR) is 80.5 cm³/mol. The van der Waals surface area contributed by atoms with Crippen LogP contribution < -0.4 is 5.32 Å². The molecule has 8 heteroatoms. The number of rotatable bonds is 4. The van der Waals surface area contributed by atoms with Gasteiger partial charge in [-0.3, -0.25) is 14.9 Å². The minimum Gasteiger partial charge on any atom is -0.506 e. The molecule has 0 aromatic heterocycles. The summed E-state index contributed by atoms with van der Waals surface area (Å²) in [6, 6.07) is 8.91. The molecule has 0 spiro atoms. The third-order valence-corrected chi connectivity index (χ3v) is 3.01. The number of esters is 1. The number of nitro groups is 1. The fourth-order valence-corrected chi connectivity index (χ4v) is 1.81. The highest BCUT2D eigenvalue weighted by Crippen LogP contribution is 2.25. The minimum absolute atomic E-state index is 0.0982. The predicted octanol–water partition coefficient (Wildman–Crippen LogP) is 2.34. The maximum Gasteiger partial charge on any atom is 0.337 e. The largest absolute Gasteiger partial charge is 0.506 e. The molecular formula is C15H12N2O6. The van der Waals surface area contributed by atoms with Crippen molar-refractivity contribution in [1.29, 1.82) is 0 Å². The number of phenolic OH excluding ortho intramolecular Hbond substituents is 1. The van der Waals surface area contributed by atoms with Crippen LogP contribution in [0.15, 0.2) is 42.5 Å². The fraction of sp³-hybridized carbons (Fsp3) is 0.0667. The highest BCUT2D eigenvalue weighted by molar-refractivity contribution is 6.05. The van der Waals surface area contributed by atoms with Crippen molar-refractivity contribution in [2.75, 3.05) is 12.4 Å². The molecule has 8 nitrogen and oxygen atoms in total. The monoisotopic (exact) mass is 316 g/mol. The number of carbonyl (C=O) groups is 2. The second kappa shape index (κ2) is 6.56. The lowest BCUT2D eigenvalue weighted by molar-refractivity contribution is -0.384. The third kappa shape index (κ3) is 3.62. The number of amides is 1.